The maximum atomic E-state index is 4.52. The fourth-order valence-electron chi connectivity index (χ4n) is 3.05. The number of para-hydroxylation sites is 1. The molecule has 2 aromatic carbocycles. The zero-order chi connectivity index (χ0) is 16.2. The molecule has 0 atom stereocenters. The summed E-state index contributed by atoms with van der Waals surface area (Å²) >= 11 is 0. The highest BCUT2D eigenvalue weighted by molar-refractivity contribution is 5.78. The predicted molar refractivity (Wildman–Crippen MR) is 99.6 cm³/mol. The van der Waals surface area contributed by atoms with Gasteiger partial charge in [-0.3, -0.25) is 4.90 Å². The summed E-state index contributed by atoms with van der Waals surface area (Å²) in [5, 5.41) is 0. The number of rotatable bonds is 2. The number of allylic oxidation sites excluding steroid dienone is 2. The Morgan fingerprint density at radius 2 is 1.87 bits per heavy atom. The Kier molecular flexibility index (Phi) is 4.42. The van der Waals surface area contributed by atoms with Gasteiger partial charge in [-0.25, -0.2) is 4.99 Å². The highest BCUT2D eigenvalue weighted by Crippen LogP contribution is 2.36. The number of anilines is 2. The maximum Gasteiger partial charge on any atom is 0.130 e. The average molecular weight is 302 g/mol. The minimum absolute atomic E-state index is 0.736. The number of nitrogens with zero attached hydrogens (tertiary/aromatic N) is 2. The summed E-state index contributed by atoms with van der Waals surface area (Å²) in [5.41, 5.74) is 6.22. The fraction of sp³-hybridized carbons (Fsp3) is 0.190. The Labute approximate surface area is 138 Å². The molecule has 2 nitrogen and oxygen atoms in total. The van der Waals surface area contributed by atoms with Crippen molar-refractivity contribution in [2.24, 2.45) is 4.99 Å². The molecule has 116 valence electrons. The van der Waals surface area contributed by atoms with Crippen LogP contribution < -0.4 is 4.90 Å². The van der Waals surface area contributed by atoms with Gasteiger partial charge in [0.05, 0.1) is 11.4 Å². The highest BCUT2D eigenvalue weighted by Gasteiger charge is 2.18. The molecule has 0 fully saturated rings. The van der Waals surface area contributed by atoms with E-state index in [1.807, 2.05) is 12.3 Å². The molecule has 0 unspecified atom stereocenters. The van der Waals surface area contributed by atoms with Gasteiger partial charge in [-0.1, -0.05) is 49.9 Å². The topological polar surface area (TPSA) is 15.6 Å². The molecule has 0 bridgehead atoms. The molecule has 0 amide bonds. The Balaban J connectivity index is 2.22. The quantitative estimate of drug-likeness (QED) is 0.730. The summed E-state index contributed by atoms with van der Waals surface area (Å²) < 4.78 is 0. The van der Waals surface area contributed by atoms with E-state index in [2.05, 4.69) is 78.9 Å². The third-order valence-electron chi connectivity index (χ3n) is 4.31. The van der Waals surface area contributed by atoms with Gasteiger partial charge in [-0.05, 0) is 54.7 Å². The number of hydrogen-bond acceptors (Lipinski definition) is 2. The van der Waals surface area contributed by atoms with E-state index < -0.39 is 0 Å². The number of hydrogen-bond donors (Lipinski definition) is 0. The first-order valence-electron chi connectivity index (χ1n) is 8.07. The summed E-state index contributed by atoms with van der Waals surface area (Å²) in [6.07, 6.45) is 7.85. The zero-order valence-corrected chi connectivity index (χ0v) is 13.8. The van der Waals surface area contributed by atoms with Gasteiger partial charge in [-0.2, -0.15) is 0 Å². The molecule has 23 heavy (non-hydrogen) atoms. The number of aryl methyl sites for hydroxylation is 1. The number of aliphatic imine (C=N–C) groups is 1. The van der Waals surface area contributed by atoms with E-state index in [-0.39, 0.29) is 0 Å². The Bertz CT molecular complexity index is 784. The molecule has 0 radical (unpaired) electrons. The van der Waals surface area contributed by atoms with Crippen LogP contribution in [-0.2, 0) is 12.8 Å². The summed E-state index contributed by atoms with van der Waals surface area (Å²) in [5.74, 6) is 0.736. The van der Waals surface area contributed by atoms with E-state index in [9.17, 15) is 0 Å². The zero-order valence-electron chi connectivity index (χ0n) is 13.8. The molecule has 1 aliphatic rings. The van der Waals surface area contributed by atoms with E-state index in [0.29, 0.717) is 0 Å². The molecule has 0 N–H and O–H groups in total. The Morgan fingerprint density at radius 1 is 1.09 bits per heavy atom. The van der Waals surface area contributed by atoms with Crippen LogP contribution in [-0.4, -0.2) is 6.21 Å². The first-order chi connectivity index (χ1) is 11.2. The third-order valence-corrected chi connectivity index (χ3v) is 4.31. The van der Waals surface area contributed by atoms with Crippen LogP contribution in [0.4, 0.5) is 11.4 Å². The van der Waals surface area contributed by atoms with Crippen molar-refractivity contribution < 1.29 is 0 Å². The molecule has 2 heteroatoms. The second-order valence-electron chi connectivity index (χ2n) is 5.71. The lowest BCUT2D eigenvalue weighted by Crippen LogP contribution is -2.17. The molecule has 2 aromatic rings. The lowest BCUT2D eigenvalue weighted by Gasteiger charge is -2.28. The SMILES string of the molecule is C=C1N=C/C=C\Cc2ccccc2N1c1cccc(CC)c1C. The normalized spacial score (nSPS) is 15.6. The van der Waals surface area contributed by atoms with Crippen LogP contribution >= 0.6 is 0 Å². The van der Waals surface area contributed by atoms with E-state index in [1.165, 1.54) is 16.7 Å². The van der Waals surface area contributed by atoms with Crippen LogP contribution in [0.1, 0.15) is 23.6 Å². The molecule has 1 heterocycles. The van der Waals surface area contributed by atoms with E-state index in [0.717, 1.165) is 30.0 Å². The molecule has 0 saturated heterocycles. The van der Waals surface area contributed by atoms with Crippen LogP contribution in [0.3, 0.4) is 0 Å². The van der Waals surface area contributed by atoms with Crippen molar-refractivity contribution in [1.82, 2.24) is 0 Å². The molecular formula is C21H22N2. The van der Waals surface area contributed by atoms with Gasteiger partial charge in [0.2, 0.25) is 0 Å². The third kappa shape index (κ3) is 2.98. The van der Waals surface area contributed by atoms with Crippen LogP contribution in [0.25, 0.3) is 0 Å². The molecular weight excluding hydrogens is 280 g/mol. The first kappa shape index (κ1) is 15.3. The number of fused-ring (bicyclic) bond motifs is 1. The molecule has 0 aromatic heterocycles. The highest BCUT2D eigenvalue weighted by atomic mass is 15.2. The minimum Gasteiger partial charge on any atom is -0.295 e. The molecule has 0 spiro atoms. The van der Waals surface area contributed by atoms with Gasteiger partial charge >= 0.3 is 0 Å². The van der Waals surface area contributed by atoms with E-state index in [1.54, 1.807) is 0 Å². The Hall–Kier alpha value is -2.61. The minimum atomic E-state index is 0.736. The first-order valence-corrected chi connectivity index (χ1v) is 8.07. The van der Waals surface area contributed by atoms with Gasteiger partial charge in [0.1, 0.15) is 5.82 Å². The van der Waals surface area contributed by atoms with E-state index in [4.69, 9.17) is 0 Å². The van der Waals surface area contributed by atoms with Crippen LogP contribution in [0, 0.1) is 6.92 Å². The van der Waals surface area contributed by atoms with Crippen molar-refractivity contribution in [2.75, 3.05) is 4.90 Å². The van der Waals surface area contributed by atoms with Crippen LogP contribution in [0.2, 0.25) is 0 Å². The van der Waals surface area contributed by atoms with Crippen molar-refractivity contribution in [3.05, 3.63) is 83.7 Å². The molecule has 0 saturated carbocycles. The Morgan fingerprint density at radius 3 is 2.70 bits per heavy atom. The van der Waals surface area contributed by atoms with Crippen molar-refractivity contribution in [2.45, 2.75) is 26.7 Å². The second-order valence-corrected chi connectivity index (χ2v) is 5.71. The summed E-state index contributed by atoms with van der Waals surface area (Å²) in [6, 6.07) is 14.9. The fourth-order valence-corrected chi connectivity index (χ4v) is 3.05. The van der Waals surface area contributed by atoms with Gasteiger partial charge in [0.25, 0.3) is 0 Å². The monoisotopic (exact) mass is 302 g/mol. The number of benzene rings is 2. The predicted octanol–water partition coefficient (Wildman–Crippen LogP) is 5.35. The molecule has 0 aliphatic carbocycles. The standard InChI is InChI=1S/C21H22N2/c1-4-18-12-9-14-20(16(18)2)23-17(3)22-15-8-7-11-19-10-5-6-13-21(19)23/h5-10,12-15H,3-4,11H2,1-2H3/b8-7-,22-15?. The van der Waals surface area contributed by atoms with Crippen molar-refractivity contribution in [3.63, 3.8) is 0 Å². The second kappa shape index (κ2) is 6.66. The van der Waals surface area contributed by atoms with Gasteiger partial charge in [0.15, 0.2) is 0 Å². The summed E-state index contributed by atoms with van der Waals surface area (Å²) in [7, 11) is 0. The van der Waals surface area contributed by atoms with Gasteiger partial charge < -0.3 is 0 Å². The van der Waals surface area contributed by atoms with Crippen molar-refractivity contribution in [3.8, 4) is 0 Å². The lowest BCUT2D eigenvalue weighted by molar-refractivity contribution is 1.06. The summed E-state index contributed by atoms with van der Waals surface area (Å²) in [4.78, 5) is 6.69. The summed E-state index contributed by atoms with van der Waals surface area (Å²) in [6.45, 7) is 8.57. The van der Waals surface area contributed by atoms with Crippen molar-refractivity contribution >= 4 is 17.6 Å². The van der Waals surface area contributed by atoms with Crippen molar-refractivity contribution in [1.29, 1.82) is 0 Å². The molecule has 3 rings (SSSR count). The largest absolute Gasteiger partial charge is 0.295 e. The molecule has 1 aliphatic heterocycles. The smallest absolute Gasteiger partial charge is 0.130 e. The lowest BCUT2D eigenvalue weighted by atomic mass is 10.0. The van der Waals surface area contributed by atoms with Gasteiger partial charge in [0, 0.05) is 6.21 Å². The van der Waals surface area contributed by atoms with Crippen LogP contribution in [0.5, 0.6) is 0 Å². The van der Waals surface area contributed by atoms with E-state index >= 15 is 0 Å². The van der Waals surface area contributed by atoms with Gasteiger partial charge in [-0.15, -0.1) is 0 Å². The van der Waals surface area contributed by atoms with Crippen LogP contribution in [0.15, 0.2) is 72.0 Å². The maximum absolute atomic E-state index is 4.52. The average Bonchev–Trinajstić information content (AvgIpc) is 2.64.